The normalized spacial score (nSPS) is 20.2. The molecule has 1 aromatic rings. The van der Waals surface area contributed by atoms with Crippen LogP contribution in [0.5, 0.6) is 0 Å². The van der Waals surface area contributed by atoms with Gasteiger partial charge in [0.25, 0.3) is 0 Å². The molecule has 0 aliphatic carbocycles. The predicted octanol–water partition coefficient (Wildman–Crippen LogP) is 1.34. The van der Waals surface area contributed by atoms with Gasteiger partial charge in [0.2, 0.25) is 5.91 Å². The molecule has 0 aromatic carbocycles. The highest BCUT2D eigenvalue weighted by molar-refractivity contribution is 6.32. The maximum absolute atomic E-state index is 12.0. The van der Waals surface area contributed by atoms with E-state index in [1.165, 1.54) is 0 Å². The fourth-order valence-corrected chi connectivity index (χ4v) is 2.53. The van der Waals surface area contributed by atoms with E-state index < -0.39 is 0 Å². The Hall–Kier alpha value is -1.17. The summed E-state index contributed by atoms with van der Waals surface area (Å²) in [7, 11) is 0. The number of carbonyl (C=O) groups is 1. The maximum atomic E-state index is 12.0. The zero-order valence-electron chi connectivity index (χ0n) is 10.8. The van der Waals surface area contributed by atoms with Crippen LogP contribution in [-0.2, 0) is 4.79 Å². The number of pyridine rings is 1. The van der Waals surface area contributed by atoms with Crippen LogP contribution in [0.1, 0.15) is 12.8 Å². The van der Waals surface area contributed by atoms with Gasteiger partial charge in [-0.3, -0.25) is 9.69 Å². The third-order valence-electron chi connectivity index (χ3n) is 3.34. The summed E-state index contributed by atoms with van der Waals surface area (Å²) in [5.74, 6) is 0.441. The van der Waals surface area contributed by atoms with Gasteiger partial charge in [-0.2, -0.15) is 0 Å². The summed E-state index contributed by atoms with van der Waals surface area (Å²) in [5, 5.41) is 3.10. The Labute approximate surface area is 118 Å². The van der Waals surface area contributed by atoms with E-state index in [1.54, 1.807) is 18.3 Å². The van der Waals surface area contributed by atoms with Crippen molar-refractivity contribution in [3.05, 3.63) is 23.5 Å². The molecule has 1 aromatic heterocycles. The van der Waals surface area contributed by atoms with E-state index in [0.29, 0.717) is 29.8 Å². The number of nitrogens with one attached hydrogen (secondary N) is 1. The smallest absolute Gasteiger partial charge is 0.238 e. The van der Waals surface area contributed by atoms with E-state index in [0.717, 1.165) is 25.9 Å². The summed E-state index contributed by atoms with van der Waals surface area (Å²) < 4.78 is 0. The number of amides is 1. The first-order valence-electron chi connectivity index (χ1n) is 6.52. The van der Waals surface area contributed by atoms with Crippen molar-refractivity contribution in [2.75, 3.05) is 31.5 Å². The molecule has 1 aliphatic rings. The molecule has 5 nitrogen and oxygen atoms in total. The quantitative estimate of drug-likeness (QED) is 0.818. The number of halogens is 1. The van der Waals surface area contributed by atoms with E-state index in [2.05, 4.69) is 15.2 Å². The Morgan fingerprint density at radius 3 is 3.21 bits per heavy atom. The summed E-state index contributed by atoms with van der Waals surface area (Å²) in [6, 6.07) is 3.49. The second kappa shape index (κ2) is 6.84. The predicted molar refractivity (Wildman–Crippen MR) is 76.1 cm³/mol. The molecule has 0 radical (unpaired) electrons. The summed E-state index contributed by atoms with van der Waals surface area (Å²) >= 11 is 5.90. The molecular weight excluding hydrogens is 264 g/mol. The molecule has 0 bridgehead atoms. The summed E-state index contributed by atoms with van der Waals surface area (Å²) in [6.07, 6.45) is 3.85. The van der Waals surface area contributed by atoms with Crippen LogP contribution in [0.25, 0.3) is 0 Å². The van der Waals surface area contributed by atoms with Gasteiger partial charge in [0.1, 0.15) is 0 Å². The maximum Gasteiger partial charge on any atom is 0.238 e. The molecule has 1 unspecified atom stereocenters. The van der Waals surface area contributed by atoms with Crippen molar-refractivity contribution in [1.29, 1.82) is 0 Å². The Balaban J connectivity index is 1.86. The van der Waals surface area contributed by atoms with Crippen LogP contribution in [0, 0.1) is 5.92 Å². The highest BCUT2D eigenvalue weighted by atomic mass is 35.5. The van der Waals surface area contributed by atoms with Crippen molar-refractivity contribution in [3.63, 3.8) is 0 Å². The number of anilines is 1. The lowest BCUT2D eigenvalue weighted by molar-refractivity contribution is -0.117. The number of nitrogens with zero attached hydrogens (tertiary/aromatic N) is 2. The lowest BCUT2D eigenvalue weighted by Crippen LogP contribution is -2.42. The average molecular weight is 283 g/mol. The first-order chi connectivity index (χ1) is 9.19. The minimum absolute atomic E-state index is 0.0624. The van der Waals surface area contributed by atoms with Gasteiger partial charge in [-0.25, -0.2) is 4.98 Å². The Bertz CT molecular complexity index is 440. The van der Waals surface area contributed by atoms with Crippen LogP contribution < -0.4 is 11.1 Å². The van der Waals surface area contributed by atoms with Crippen molar-refractivity contribution in [1.82, 2.24) is 9.88 Å². The average Bonchev–Trinajstić information content (AvgIpc) is 2.41. The van der Waals surface area contributed by atoms with Crippen molar-refractivity contribution >= 4 is 23.2 Å². The van der Waals surface area contributed by atoms with E-state index in [9.17, 15) is 4.79 Å². The van der Waals surface area contributed by atoms with Crippen LogP contribution in [0.2, 0.25) is 5.15 Å². The number of aromatic nitrogens is 1. The third kappa shape index (κ3) is 4.16. The molecule has 6 heteroatoms. The molecule has 1 saturated heterocycles. The Kier molecular flexibility index (Phi) is 5.13. The minimum Gasteiger partial charge on any atom is -0.330 e. The van der Waals surface area contributed by atoms with Gasteiger partial charge < -0.3 is 11.1 Å². The van der Waals surface area contributed by atoms with E-state index in [1.807, 2.05) is 0 Å². The highest BCUT2D eigenvalue weighted by Crippen LogP contribution is 2.18. The molecule has 1 amide bonds. The first kappa shape index (κ1) is 14.2. The van der Waals surface area contributed by atoms with Crippen LogP contribution in [0.4, 0.5) is 5.69 Å². The van der Waals surface area contributed by atoms with E-state index in [-0.39, 0.29) is 5.91 Å². The second-order valence-corrected chi connectivity index (χ2v) is 5.23. The summed E-state index contributed by atoms with van der Waals surface area (Å²) in [4.78, 5) is 18.0. The lowest BCUT2D eigenvalue weighted by atomic mass is 9.98. The van der Waals surface area contributed by atoms with Gasteiger partial charge in [-0.1, -0.05) is 11.6 Å². The molecule has 104 valence electrons. The zero-order valence-corrected chi connectivity index (χ0v) is 11.6. The number of rotatable bonds is 4. The Morgan fingerprint density at radius 2 is 2.47 bits per heavy atom. The fraction of sp³-hybridized carbons (Fsp3) is 0.538. The molecule has 2 heterocycles. The number of likely N-dealkylation sites (tertiary alicyclic amines) is 1. The molecule has 1 aliphatic heterocycles. The molecular formula is C13H19ClN4O. The largest absolute Gasteiger partial charge is 0.330 e. The SMILES string of the molecule is NCC1CCCN(CC(=O)Nc2cccnc2Cl)C1. The number of carbonyl (C=O) groups excluding carboxylic acids is 1. The van der Waals surface area contributed by atoms with Crippen molar-refractivity contribution in [2.45, 2.75) is 12.8 Å². The second-order valence-electron chi connectivity index (χ2n) is 4.87. The standard InChI is InChI=1S/C13H19ClN4O/c14-13-11(4-1-5-16-13)17-12(19)9-18-6-2-3-10(7-15)8-18/h1,4-5,10H,2-3,6-9,15H2,(H,17,19). The molecule has 1 atom stereocenters. The first-order valence-corrected chi connectivity index (χ1v) is 6.89. The monoisotopic (exact) mass is 282 g/mol. The highest BCUT2D eigenvalue weighted by Gasteiger charge is 2.20. The van der Waals surface area contributed by atoms with Crippen LogP contribution in [0.15, 0.2) is 18.3 Å². The van der Waals surface area contributed by atoms with Gasteiger partial charge in [0, 0.05) is 12.7 Å². The number of hydrogen-bond donors (Lipinski definition) is 2. The van der Waals surface area contributed by atoms with Gasteiger partial charge >= 0.3 is 0 Å². The number of nitrogens with two attached hydrogens (primary N) is 1. The van der Waals surface area contributed by atoms with Gasteiger partial charge in [-0.05, 0) is 44.0 Å². The number of piperidine rings is 1. The van der Waals surface area contributed by atoms with Crippen LogP contribution in [0.3, 0.4) is 0 Å². The Morgan fingerprint density at radius 1 is 1.63 bits per heavy atom. The lowest BCUT2D eigenvalue weighted by Gasteiger charge is -2.31. The fourth-order valence-electron chi connectivity index (χ4n) is 2.36. The topological polar surface area (TPSA) is 71.2 Å². The van der Waals surface area contributed by atoms with Crippen LogP contribution >= 0.6 is 11.6 Å². The number of hydrogen-bond acceptors (Lipinski definition) is 4. The van der Waals surface area contributed by atoms with Gasteiger partial charge in [0.05, 0.1) is 12.2 Å². The van der Waals surface area contributed by atoms with Crippen molar-refractivity contribution in [2.24, 2.45) is 11.7 Å². The van der Waals surface area contributed by atoms with Crippen molar-refractivity contribution < 1.29 is 4.79 Å². The molecule has 19 heavy (non-hydrogen) atoms. The molecule has 0 spiro atoms. The third-order valence-corrected chi connectivity index (χ3v) is 3.64. The minimum atomic E-state index is -0.0624. The molecule has 1 fully saturated rings. The van der Waals surface area contributed by atoms with E-state index >= 15 is 0 Å². The molecule has 0 saturated carbocycles. The molecule has 3 N–H and O–H groups in total. The van der Waals surface area contributed by atoms with Gasteiger partial charge in [0.15, 0.2) is 5.15 Å². The zero-order chi connectivity index (χ0) is 13.7. The van der Waals surface area contributed by atoms with Crippen molar-refractivity contribution in [3.8, 4) is 0 Å². The molecule has 2 rings (SSSR count). The summed E-state index contributed by atoms with van der Waals surface area (Å²) in [5.41, 5.74) is 6.24. The summed E-state index contributed by atoms with van der Waals surface area (Å²) in [6.45, 7) is 2.91. The van der Waals surface area contributed by atoms with Gasteiger partial charge in [-0.15, -0.1) is 0 Å². The van der Waals surface area contributed by atoms with Crippen LogP contribution in [-0.4, -0.2) is 42.0 Å². The van der Waals surface area contributed by atoms with E-state index in [4.69, 9.17) is 17.3 Å².